The van der Waals surface area contributed by atoms with Crippen LogP contribution >= 0.6 is 23.4 Å². The van der Waals surface area contributed by atoms with Gasteiger partial charge in [-0.2, -0.15) is 0 Å². The Morgan fingerprint density at radius 2 is 1.93 bits per heavy atom. The van der Waals surface area contributed by atoms with Crippen LogP contribution in [-0.2, 0) is 6.61 Å². The molecule has 0 atom stereocenters. The number of carbonyl (C=O) groups is 1. The van der Waals surface area contributed by atoms with Crippen molar-refractivity contribution in [2.24, 2.45) is 0 Å². The van der Waals surface area contributed by atoms with Crippen molar-refractivity contribution in [1.29, 1.82) is 0 Å². The summed E-state index contributed by atoms with van der Waals surface area (Å²) in [5, 5.41) is 8.76. The second-order valence-corrected chi connectivity index (χ2v) is 6.85. The van der Waals surface area contributed by atoms with Gasteiger partial charge in [0.2, 0.25) is 6.79 Å². The Bertz CT molecular complexity index is 961. The zero-order valence-electron chi connectivity index (χ0n) is 13.9. The lowest BCUT2D eigenvalue weighted by molar-refractivity contribution is 0.102. The summed E-state index contributed by atoms with van der Waals surface area (Å²) >= 11 is 6.99. The van der Waals surface area contributed by atoms with Crippen LogP contribution in [0.15, 0.2) is 52.1 Å². The first-order chi connectivity index (χ1) is 13.2. The van der Waals surface area contributed by atoms with Crippen LogP contribution in [0.4, 0.5) is 0 Å². The second kappa shape index (κ2) is 7.89. The third-order valence-corrected chi connectivity index (χ3v) is 4.72. The van der Waals surface area contributed by atoms with E-state index in [9.17, 15) is 4.79 Å². The van der Waals surface area contributed by atoms with Crippen molar-refractivity contribution < 1.29 is 23.4 Å². The highest BCUT2D eigenvalue weighted by Crippen LogP contribution is 2.33. The summed E-state index contributed by atoms with van der Waals surface area (Å²) in [5.41, 5.74) is 0.539. The van der Waals surface area contributed by atoms with E-state index < -0.39 is 0 Å². The van der Waals surface area contributed by atoms with E-state index in [4.69, 9.17) is 30.2 Å². The Hall–Kier alpha value is -2.71. The predicted octanol–water partition coefficient (Wildman–Crippen LogP) is 4.01. The highest BCUT2D eigenvalue weighted by Gasteiger charge is 2.17. The Balaban J connectivity index is 1.30. The SMILES string of the molecule is O=C(CSc1nnc(COc2ccc(Cl)cc2)o1)c1ccc2c(c1)OCO2. The number of benzene rings is 2. The predicted molar refractivity (Wildman–Crippen MR) is 97.7 cm³/mol. The topological polar surface area (TPSA) is 83.7 Å². The number of Topliss-reactive ketones (excluding diaryl/α,β-unsaturated/α-hetero) is 1. The molecule has 9 heteroatoms. The average Bonchev–Trinajstić information content (AvgIpc) is 3.34. The van der Waals surface area contributed by atoms with Gasteiger partial charge < -0.3 is 18.6 Å². The van der Waals surface area contributed by atoms with Crippen LogP contribution in [0.3, 0.4) is 0 Å². The van der Waals surface area contributed by atoms with Gasteiger partial charge in [0.05, 0.1) is 5.75 Å². The van der Waals surface area contributed by atoms with E-state index in [1.54, 1.807) is 42.5 Å². The molecule has 7 nitrogen and oxygen atoms in total. The first-order valence-corrected chi connectivity index (χ1v) is 9.30. The van der Waals surface area contributed by atoms with Crippen LogP contribution in [0.2, 0.25) is 5.02 Å². The first-order valence-electron chi connectivity index (χ1n) is 7.94. The third-order valence-electron chi connectivity index (χ3n) is 3.65. The van der Waals surface area contributed by atoms with Crippen LogP contribution < -0.4 is 14.2 Å². The van der Waals surface area contributed by atoms with Crippen molar-refractivity contribution in [3.8, 4) is 17.2 Å². The van der Waals surface area contributed by atoms with Gasteiger partial charge in [-0.05, 0) is 42.5 Å². The summed E-state index contributed by atoms with van der Waals surface area (Å²) < 4.78 is 21.5. The van der Waals surface area contributed by atoms with Gasteiger partial charge in [0, 0.05) is 10.6 Å². The summed E-state index contributed by atoms with van der Waals surface area (Å²) in [6.07, 6.45) is 0. The average molecular weight is 405 g/mol. The van der Waals surface area contributed by atoms with Crippen molar-refractivity contribution in [2.45, 2.75) is 11.8 Å². The van der Waals surface area contributed by atoms with E-state index in [1.165, 1.54) is 11.8 Å². The van der Waals surface area contributed by atoms with Gasteiger partial charge in [0.25, 0.3) is 11.1 Å². The molecule has 0 aliphatic carbocycles. The van der Waals surface area contributed by atoms with E-state index in [0.29, 0.717) is 38.9 Å². The molecule has 1 aliphatic rings. The smallest absolute Gasteiger partial charge is 0.277 e. The molecule has 2 aromatic carbocycles. The molecule has 0 bridgehead atoms. The molecule has 0 N–H and O–H groups in total. The van der Waals surface area contributed by atoms with Crippen molar-refractivity contribution in [2.75, 3.05) is 12.5 Å². The molecule has 0 saturated heterocycles. The van der Waals surface area contributed by atoms with E-state index in [0.717, 1.165) is 0 Å². The molecule has 1 aliphatic heterocycles. The van der Waals surface area contributed by atoms with E-state index >= 15 is 0 Å². The molecular formula is C18H13ClN2O5S. The number of carbonyl (C=O) groups excluding carboxylic acids is 1. The van der Waals surface area contributed by atoms with Crippen molar-refractivity contribution in [3.63, 3.8) is 0 Å². The number of ether oxygens (including phenoxy) is 3. The van der Waals surface area contributed by atoms with Crippen molar-refractivity contribution >= 4 is 29.1 Å². The van der Waals surface area contributed by atoms with Gasteiger partial charge in [-0.1, -0.05) is 23.4 Å². The van der Waals surface area contributed by atoms with Gasteiger partial charge in [0.15, 0.2) is 23.9 Å². The molecule has 0 saturated carbocycles. The molecule has 0 unspecified atom stereocenters. The lowest BCUT2D eigenvalue weighted by Gasteiger charge is -2.02. The maximum Gasteiger partial charge on any atom is 0.277 e. The molecule has 3 aromatic rings. The maximum absolute atomic E-state index is 12.3. The number of ketones is 1. The number of halogens is 1. The first kappa shape index (κ1) is 17.7. The minimum Gasteiger partial charge on any atom is -0.484 e. The quantitative estimate of drug-likeness (QED) is 0.431. The van der Waals surface area contributed by atoms with Crippen LogP contribution in [0, 0.1) is 0 Å². The lowest BCUT2D eigenvalue weighted by atomic mass is 10.1. The van der Waals surface area contributed by atoms with E-state index in [2.05, 4.69) is 10.2 Å². The molecular weight excluding hydrogens is 392 g/mol. The van der Waals surface area contributed by atoms with Gasteiger partial charge in [-0.3, -0.25) is 4.79 Å². The molecule has 0 amide bonds. The maximum atomic E-state index is 12.3. The molecule has 2 heterocycles. The minimum atomic E-state index is -0.0736. The van der Waals surface area contributed by atoms with Gasteiger partial charge in [-0.15, -0.1) is 10.2 Å². The second-order valence-electron chi connectivity index (χ2n) is 5.48. The molecule has 0 fully saturated rings. The third kappa shape index (κ3) is 4.35. The Morgan fingerprint density at radius 3 is 2.78 bits per heavy atom. The number of thioether (sulfide) groups is 1. The van der Waals surface area contributed by atoms with Crippen molar-refractivity contribution in [1.82, 2.24) is 10.2 Å². The Labute approximate surface area is 163 Å². The fraction of sp³-hybridized carbons (Fsp3) is 0.167. The normalized spacial score (nSPS) is 12.2. The van der Waals surface area contributed by atoms with Crippen LogP contribution in [-0.4, -0.2) is 28.5 Å². The molecule has 4 rings (SSSR count). The number of rotatable bonds is 7. The summed E-state index contributed by atoms with van der Waals surface area (Å²) in [4.78, 5) is 12.3. The minimum absolute atomic E-state index is 0.0736. The van der Waals surface area contributed by atoms with Crippen molar-refractivity contribution in [3.05, 3.63) is 58.9 Å². The van der Waals surface area contributed by atoms with Crippen LogP contribution in [0.5, 0.6) is 17.2 Å². The monoisotopic (exact) mass is 404 g/mol. The Kier molecular flexibility index (Phi) is 5.17. The van der Waals surface area contributed by atoms with Crippen LogP contribution in [0.1, 0.15) is 16.2 Å². The van der Waals surface area contributed by atoms with Gasteiger partial charge >= 0.3 is 0 Å². The number of hydrogen-bond donors (Lipinski definition) is 0. The molecule has 1 aromatic heterocycles. The van der Waals surface area contributed by atoms with Crippen LogP contribution in [0.25, 0.3) is 0 Å². The molecule has 0 radical (unpaired) electrons. The number of hydrogen-bond acceptors (Lipinski definition) is 8. The highest BCUT2D eigenvalue weighted by molar-refractivity contribution is 7.99. The molecule has 138 valence electrons. The summed E-state index contributed by atoms with van der Waals surface area (Å²) in [5.74, 6) is 2.27. The van der Waals surface area contributed by atoms with Gasteiger partial charge in [-0.25, -0.2) is 0 Å². The van der Waals surface area contributed by atoms with E-state index in [-0.39, 0.29) is 24.9 Å². The lowest BCUT2D eigenvalue weighted by Crippen LogP contribution is -2.02. The highest BCUT2D eigenvalue weighted by atomic mass is 35.5. The summed E-state index contributed by atoms with van der Waals surface area (Å²) in [6, 6.07) is 12.1. The molecule has 27 heavy (non-hydrogen) atoms. The largest absolute Gasteiger partial charge is 0.484 e. The number of nitrogens with zero attached hydrogens (tertiary/aromatic N) is 2. The van der Waals surface area contributed by atoms with E-state index in [1.807, 2.05) is 0 Å². The fourth-order valence-electron chi connectivity index (χ4n) is 2.31. The molecule has 0 spiro atoms. The van der Waals surface area contributed by atoms with Gasteiger partial charge in [0.1, 0.15) is 5.75 Å². The standard InChI is InChI=1S/C18H13ClN2O5S/c19-12-2-4-13(5-3-12)23-8-17-20-21-18(26-17)27-9-14(22)11-1-6-15-16(7-11)25-10-24-15/h1-7H,8-10H2. The summed E-state index contributed by atoms with van der Waals surface area (Å²) in [6.45, 7) is 0.301. The zero-order chi connectivity index (χ0) is 18.6. The number of aromatic nitrogens is 2. The zero-order valence-corrected chi connectivity index (χ0v) is 15.5. The Morgan fingerprint density at radius 1 is 1.11 bits per heavy atom. The fourth-order valence-corrected chi connectivity index (χ4v) is 3.11. The number of fused-ring (bicyclic) bond motifs is 1. The summed E-state index contributed by atoms with van der Waals surface area (Å²) in [7, 11) is 0.